The molecule has 0 unspecified atom stereocenters. The summed E-state index contributed by atoms with van der Waals surface area (Å²) in [5.74, 6) is 0.694. The Kier molecular flexibility index (Phi) is 11.7. The Morgan fingerprint density at radius 3 is 2.20 bits per heavy atom. The summed E-state index contributed by atoms with van der Waals surface area (Å²) in [5, 5.41) is 3.35. The third kappa shape index (κ3) is 8.70. The van der Waals surface area contributed by atoms with Crippen LogP contribution in [0.4, 0.5) is 5.69 Å². The van der Waals surface area contributed by atoms with Crippen molar-refractivity contribution in [3.8, 4) is 23.0 Å². The van der Waals surface area contributed by atoms with E-state index in [0.29, 0.717) is 47.7 Å². The first-order chi connectivity index (χ1) is 21.6. The number of aliphatic imine (C=N–C) groups is 1. The van der Waals surface area contributed by atoms with Crippen LogP contribution in [0, 0.1) is 0 Å². The minimum Gasteiger partial charge on any atom is -0.493 e. The molecule has 0 aliphatic carbocycles. The van der Waals surface area contributed by atoms with E-state index in [2.05, 4.69) is 20.1 Å². The molecule has 0 spiro atoms. The van der Waals surface area contributed by atoms with Gasteiger partial charge < -0.3 is 35.7 Å². The SMILES string of the molecule is COc1ccc(CN2CCN(CCOc3ccc(C(=O)N=C(N)N)cc3NC(=O)c3ccc(Cl)cc3Cl)CC2)c(OC)c1OC. The van der Waals surface area contributed by atoms with Gasteiger partial charge in [0.1, 0.15) is 12.4 Å². The van der Waals surface area contributed by atoms with E-state index in [1.165, 1.54) is 24.3 Å². The van der Waals surface area contributed by atoms with E-state index in [1.54, 1.807) is 33.5 Å². The summed E-state index contributed by atoms with van der Waals surface area (Å²) >= 11 is 12.2. The highest BCUT2D eigenvalue weighted by Crippen LogP contribution is 2.40. The van der Waals surface area contributed by atoms with E-state index in [9.17, 15) is 9.59 Å². The molecule has 5 N–H and O–H groups in total. The van der Waals surface area contributed by atoms with Gasteiger partial charge in [-0.2, -0.15) is 4.99 Å². The molecule has 1 aliphatic rings. The molecular formula is C31H36Cl2N6O6. The molecule has 0 saturated carbocycles. The molecular weight excluding hydrogens is 623 g/mol. The van der Waals surface area contributed by atoms with Crippen LogP contribution in [-0.2, 0) is 6.54 Å². The molecule has 1 fully saturated rings. The van der Waals surface area contributed by atoms with Gasteiger partial charge in [-0.05, 0) is 42.5 Å². The number of nitrogens with two attached hydrogens (primary N) is 2. The van der Waals surface area contributed by atoms with E-state index < -0.39 is 11.8 Å². The third-order valence-electron chi connectivity index (χ3n) is 7.19. The molecule has 1 saturated heterocycles. The number of nitrogens with zero attached hydrogens (tertiary/aromatic N) is 3. The molecule has 12 nitrogen and oxygen atoms in total. The number of hydrogen-bond acceptors (Lipinski definition) is 8. The number of nitrogens with one attached hydrogen (secondary N) is 1. The van der Waals surface area contributed by atoms with Crippen LogP contribution < -0.4 is 35.7 Å². The van der Waals surface area contributed by atoms with Crippen LogP contribution in [0.2, 0.25) is 10.0 Å². The van der Waals surface area contributed by atoms with Gasteiger partial charge in [-0.25, -0.2) is 0 Å². The molecule has 0 bridgehead atoms. The van der Waals surface area contributed by atoms with Crippen LogP contribution in [0.3, 0.4) is 0 Å². The highest BCUT2D eigenvalue weighted by molar-refractivity contribution is 6.37. The fourth-order valence-corrected chi connectivity index (χ4v) is 5.41. The Hall–Kier alpha value is -4.23. The number of amides is 2. The zero-order valence-corrected chi connectivity index (χ0v) is 26.8. The smallest absolute Gasteiger partial charge is 0.280 e. The number of rotatable bonds is 12. The monoisotopic (exact) mass is 658 g/mol. The maximum atomic E-state index is 13.1. The van der Waals surface area contributed by atoms with Gasteiger partial charge in [0.25, 0.3) is 11.8 Å². The number of piperazine rings is 1. The molecule has 1 aliphatic heterocycles. The summed E-state index contributed by atoms with van der Waals surface area (Å²) in [6, 6.07) is 13.0. The molecule has 3 aromatic carbocycles. The lowest BCUT2D eigenvalue weighted by Crippen LogP contribution is -2.47. The second-order valence-electron chi connectivity index (χ2n) is 10.1. The van der Waals surface area contributed by atoms with Crippen LogP contribution in [0.1, 0.15) is 26.3 Å². The Morgan fingerprint density at radius 1 is 0.867 bits per heavy atom. The van der Waals surface area contributed by atoms with Crippen LogP contribution in [0.15, 0.2) is 53.5 Å². The van der Waals surface area contributed by atoms with E-state index in [4.69, 9.17) is 53.6 Å². The van der Waals surface area contributed by atoms with Crippen LogP contribution >= 0.6 is 23.2 Å². The highest BCUT2D eigenvalue weighted by Gasteiger charge is 2.22. The number of carbonyl (C=O) groups is 2. The molecule has 1 heterocycles. The van der Waals surface area contributed by atoms with Gasteiger partial charge >= 0.3 is 0 Å². The first-order valence-corrected chi connectivity index (χ1v) is 14.8. The lowest BCUT2D eigenvalue weighted by atomic mass is 10.1. The normalized spacial score (nSPS) is 13.5. The topological polar surface area (TPSA) is 154 Å². The average Bonchev–Trinajstić information content (AvgIpc) is 3.01. The van der Waals surface area contributed by atoms with E-state index in [1.807, 2.05) is 12.1 Å². The fourth-order valence-electron chi connectivity index (χ4n) is 4.92. The number of benzene rings is 3. The standard InChI is InChI=1S/C31H36Cl2N6O6/c1-42-26-9-5-20(27(43-2)28(26)44-3)18-39-12-10-38(11-13-39)14-15-45-25-8-4-19(29(40)37-31(34)35)16-24(25)36-30(41)22-7-6-21(32)17-23(22)33/h4-9,16-17H,10-15,18H2,1-3H3,(H,36,41)(H4,34,35,37,40). The summed E-state index contributed by atoms with van der Waals surface area (Å²) in [7, 11) is 4.81. The number of carbonyl (C=O) groups excluding carboxylic acids is 2. The van der Waals surface area contributed by atoms with E-state index in [-0.39, 0.29) is 27.8 Å². The van der Waals surface area contributed by atoms with Crippen molar-refractivity contribution < 1.29 is 28.5 Å². The molecule has 14 heteroatoms. The van der Waals surface area contributed by atoms with Crippen LogP contribution in [0.5, 0.6) is 23.0 Å². The largest absolute Gasteiger partial charge is 0.493 e. The second kappa shape index (κ2) is 15.7. The molecule has 240 valence electrons. The third-order valence-corrected chi connectivity index (χ3v) is 7.74. The quantitative estimate of drug-likeness (QED) is 0.193. The average molecular weight is 660 g/mol. The van der Waals surface area contributed by atoms with Crippen molar-refractivity contribution in [2.75, 3.05) is 66.0 Å². The van der Waals surface area contributed by atoms with Crippen LogP contribution in [-0.4, -0.2) is 88.2 Å². The summed E-state index contributed by atoms with van der Waals surface area (Å²) in [5.41, 5.74) is 12.4. The summed E-state index contributed by atoms with van der Waals surface area (Å²) < 4.78 is 22.6. The Labute approximate surface area is 271 Å². The van der Waals surface area contributed by atoms with Crippen molar-refractivity contribution in [2.24, 2.45) is 16.5 Å². The minimum atomic E-state index is -0.662. The molecule has 0 atom stereocenters. The molecule has 2 amide bonds. The van der Waals surface area contributed by atoms with Gasteiger partial charge in [0, 0.05) is 55.4 Å². The molecule has 0 radical (unpaired) electrons. The van der Waals surface area contributed by atoms with Crippen molar-refractivity contribution in [2.45, 2.75) is 6.54 Å². The number of guanidine groups is 1. The summed E-state index contributed by atoms with van der Waals surface area (Å²) in [4.78, 5) is 33.7. The highest BCUT2D eigenvalue weighted by atomic mass is 35.5. The number of anilines is 1. The fraction of sp³-hybridized carbons (Fsp3) is 0.323. The number of ether oxygens (including phenoxy) is 4. The molecule has 45 heavy (non-hydrogen) atoms. The molecule has 3 aromatic rings. The Balaban J connectivity index is 1.38. The van der Waals surface area contributed by atoms with Gasteiger partial charge in [0.05, 0.1) is 37.6 Å². The van der Waals surface area contributed by atoms with Gasteiger partial charge in [-0.1, -0.05) is 29.3 Å². The van der Waals surface area contributed by atoms with Gasteiger partial charge in [0.15, 0.2) is 17.5 Å². The van der Waals surface area contributed by atoms with E-state index >= 15 is 0 Å². The maximum absolute atomic E-state index is 13.1. The maximum Gasteiger partial charge on any atom is 0.280 e. The first-order valence-electron chi connectivity index (χ1n) is 14.0. The van der Waals surface area contributed by atoms with Gasteiger partial charge in [0.2, 0.25) is 5.75 Å². The minimum absolute atomic E-state index is 0.162. The summed E-state index contributed by atoms with van der Waals surface area (Å²) in [6.45, 7) is 5.07. The number of halogens is 2. The molecule has 4 rings (SSSR count). The van der Waals surface area contributed by atoms with Crippen molar-refractivity contribution in [3.63, 3.8) is 0 Å². The first kappa shape index (κ1) is 33.7. The van der Waals surface area contributed by atoms with E-state index in [0.717, 1.165) is 31.7 Å². The zero-order valence-electron chi connectivity index (χ0n) is 25.3. The van der Waals surface area contributed by atoms with Crippen molar-refractivity contribution >= 4 is 46.7 Å². The molecule has 0 aromatic heterocycles. The van der Waals surface area contributed by atoms with Gasteiger partial charge in [-0.3, -0.25) is 19.4 Å². The van der Waals surface area contributed by atoms with Crippen molar-refractivity contribution in [1.82, 2.24) is 9.80 Å². The summed E-state index contributed by atoms with van der Waals surface area (Å²) in [6.07, 6.45) is 0. The van der Waals surface area contributed by atoms with Crippen molar-refractivity contribution in [1.29, 1.82) is 0 Å². The second-order valence-corrected chi connectivity index (χ2v) is 10.9. The zero-order chi connectivity index (χ0) is 32.5. The lowest BCUT2D eigenvalue weighted by Gasteiger charge is -2.35. The van der Waals surface area contributed by atoms with Gasteiger partial charge in [-0.15, -0.1) is 0 Å². The Bertz CT molecular complexity index is 1560. The van der Waals surface area contributed by atoms with Crippen molar-refractivity contribution in [3.05, 3.63) is 75.3 Å². The number of methoxy groups -OCH3 is 3. The predicted molar refractivity (Wildman–Crippen MR) is 174 cm³/mol. The van der Waals surface area contributed by atoms with Crippen LogP contribution in [0.25, 0.3) is 0 Å². The predicted octanol–water partition coefficient (Wildman–Crippen LogP) is 3.88. The lowest BCUT2D eigenvalue weighted by molar-refractivity contribution is 0.0997. The number of hydrogen-bond donors (Lipinski definition) is 3. The Morgan fingerprint density at radius 2 is 1.56 bits per heavy atom.